The van der Waals surface area contributed by atoms with Gasteiger partial charge in [-0.05, 0) is 12.5 Å². The van der Waals surface area contributed by atoms with Crippen LogP contribution in [0.15, 0.2) is 24.3 Å². The van der Waals surface area contributed by atoms with Crippen LogP contribution in [-0.4, -0.2) is 41.2 Å². The molecule has 0 N–H and O–H groups in total. The Kier molecular flexibility index (Phi) is 4.59. The Morgan fingerprint density at radius 1 is 1.09 bits per heavy atom. The number of nitrogens with zero attached hydrogens (tertiary/aromatic N) is 2. The van der Waals surface area contributed by atoms with Crippen molar-refractivity contribution in [1.29, 1.82) is 0 Å². The fraction of sp³-hybridized carbons (Fsp3) is 0.556. The molecule has 4 nitrogen and oxygen atoms in total. The van der Waals surface area contributed by atoms with E-state index >= 15 is 0 Å². The Balaban J connectivity index is 2.27. The number of carbonyl (C=O) groups is 2. The van der Waals surface area contributed by atoms with Crippen LogP contribution < -0.4 is 0 Å². The van der Waals surface area contributed by atoms with E-state index in [-0.39, 0.29) is 17.9 Å². The second kappa shape index (κ2) is 6.11. The van der Waals surface area contributed by atoms with Crippen LogP contribution in [0.5, 0.6) is 0 Å². The first-order valence-electron chi connectivity index (χ1n) is 7.83. The number of carbonyl (C=O) groups excluding carboxylic acids is 2. The fourth-order valence-electron chi connectivity index (χ4n) is 2.89. The number of benzene rings is 1. The van der Waals surface area contributed by atoms with Crippen molar-refractivity contribution in [3.8, 4) is 0 Å². The smallest absolute Gasteiger partial charge is 0.228 e. The number of hydrogen-bond donors (Lipinski definition) is 0. The van der Waals surface area contributed by atoms with E-state index in [1.54, 1.807) is 6.92 Å². The Morgan fingerprint density at radius 2 is 1.68 bits per heavy atom. The monoisotopic (exact) mass is 302 g/mol. The Hall–Kier alpha value is -1.84. The van der Waals surface area contributed by atoms with Gasteiger partial charge in [-0.15, -0.1) is 0 Å². The van der Waals surface area contributed by atoms with Crippen molar-refractivity contribution in [2.24, 2.45) is 5.41 Å². The highest BCUT2D eigenvalue weighted by molar-refractivity contribution is 5.82. The van der Waals surface area contributed by atoms with Crippen molar-refractivity contribution in [2.75, 3.05) is 19.6 Å². The summed E-state index contributed by atoms with van der Waals surface area (Å²) in [6.45, 7) is 11.2. The molecule has 0 bridgehead atoms. The molecule has 1 saturated heterocycles. The molecule has 1 aliphatic rings. The lowest BCUT2D eigenvalue weighted by atomic mass is 9.93. The minimum absolute atomic E-state index is 0.0573. The number of rotatable bonds is 1. The lowest BCUT2D eigenvalue weighted by Crippen LogP contribution is -2.54. The number of piperazine rings is 1. The molecule has 0 aromatic heterocycles. The minimum atomic E-state index is -0.393. The molecule has 0 spiro atoms. The van der Waals surface area contributed by atoms with Crippen LogP contribution in [0.25, 0.3) is 0 Å². The predicted molar refractivity (Wildman–Crippen MR) is 87.3 cm³/mol. The highest BCUT2D eigenvalue weighted by Crippen LogP contribution is 2.28. The SMILES string of the molecule is CC(=O)N1CCN(C(=O)C(C)(C)C)CC1c1ccc(C)cc1. The molecular formula is C18H26N2O2. The van der Waals surface area contributed by atoms with Gasteiger partial charge in [0, 0.05) is 32.0 Å². The van der Waals surface area contributed by atoms with Gasteiger partial charge in [-0.2, -0.15) is 0 Å². The molecule has 0 saturated carbocycles. The van der Waals surface area contributed by atoms with E-state index in [0.717, 1.165) is 5.56 Å². The van der Waals surface area contributed by atoms with E-state index in [0.29, 0.717) is 19.6 Å². The molecule has 4 heteroatoms. The number of aryl methyl sites for hydroxylation is 1. The van der Waals surface area contributed by atoms with Crippen LogP contribution in [0, 0.1) is 12.3 Å². The number of amides is 2. The first-order valence-corrected chi connectivity index (χ1v) is 7.83. The van der Waals surface area contributed by atoms with E-state index in [2.05, 4.69) is 24.3 Å². The predicted octanol–water partition coefficient (Wildman–Crippen LogP) is 2.77. The van der Waals surface area contributed by atoms with Crippen molar-refractivity contribution in [1.82, 2.24) is 9.80 Å². The summed E-state index contributed by atoms with van der Waals surface area (Å²) in [4.78, 5) is 28.3. The third kappa shape index (κ3) is 3.49. The first-order chi connectivity index (χ1) is 10.2. The summed E-state index contributed by atoms with van der Waals surface area (Å²) in [5.74, 6) is 0.209. The highest BCUT2D eigenvalue weighted by atomic mass is 16.2. The summed E-state index contributed by atoms with van der Waals surface area (Å²) in [6.07, 6.45) is 0. The zero-order valence-corrected chi connectivity index (χ0v) is 14.2. The molecular weight excluding hydrogens is 276 g/mol. The fourth-order valence-corrected chi connectivity index (χ4v) is 2.89. The summed E-state index contributed by atoms with van der Waals surface area (Å²) in [5, 5.41) is 0. The third-order valence-corrected chi connectivity index (χ3v) is 4.18. The molecule has 1 fully saturated rings. The van der Waals surface area contributed by atoms with Gasteiger partial charge in [0.05, 0.1) is 6.04 Å². The van der Waals surface area contributed by atoms with Crippen molar-refractivity contribution in [3.63, 3.8) is 0 Å². The normalized spacial score (nSPS) is 19.2. The van der Waals surface area contributed by atoms with Gasteiger partial charge in [-0.25, -0.2) is 0 Å². The molecule has 22 heavy (non-hydrogen) atoms. The summed E-state index contributed by atoms with van der Waals surface area (Å²) in [6, 6.07) is 8.16. The highest BCUT2D eigenvalue weighted by Gasteiger charge is 2.35. The maximum atomic E-state index is 12.5. The Labute approximate surface area is 133 Å². The van der Waals surface area contributed by atoms with E-state index < -0.39 is 5.41 Å². The molecule has 120 valence electrons. The molecule has 1 heterocycles. The lowest BCUT2D eigenvalue weighted by Gasteiger charge is -2.43. The van der Waals surface area contributed by atoms with Crippen LogP contribution in [0.2, 0.25) is 0 Å². The second-order valence-corrected chi connectivity index (χ2v) is 7.14. The van der Waals surface area contributed by atoms with E-state index in [1.165, 1.54) is 5.56 Å². The van der Waals surface area contributed by atoms with Crippen molar-refractivity contribution >= 4 is 11.8 Å². The number of hydrogen-bond acceptors (Lipinski definition) is 2. The maximum Gasteiger partial charge on any atom is 0.228 e. The molecule has 1 unspecified atom stereocenters. The van der Waals surface area contributed by atoms with Crippen LogP contribution in [-0.2, 0) is 9.59 Å². The third-order valence-electron chi connectivity index (χ3n) is 4.18. The molecule has 1 aromatic carbocycles. The first kappa shape index (κ1) is 16.5. The summed E-state index contributed by atoms with van der Waals surface area (Å²) >= 11 is 0. The van der Waals surface area contributed by atoms with Crippen LogP contribution in [0.3, 0.4) is 0 Å². The van der Waals surface area contributed by atoms with Gasteiger partial charge in [0.15, 0.2) is 0 Å². The molecule has 0 radical (unpaired) electrons. The molecule has 0 aliphatic carbocycles. The zero-order chi connectivity index (χ0) is 16.5. The van der Waals surface area contributed by atoms with Gasteiger partial charge in [0.1, 0.15) is 0 Å². The lowest BCUT2D eigenvalue weighted by molar-refractivity contribution is -0.147. The van der Waals surface area contributed by atoms with Crippen LogP contribution in [0.4, 0.5) is 0 Å². The molecule has 1 aliphatic heterocycles. The summed E-state index contributed by atoms with van der Waals surface area (Å²) < 4.78 is 0. The maximum absolute atomic E-state index is 12.5. The average molecular weight is 302 g/mol. The molecule has 1 atom stereocenters. The molecule has 1 aromatic rings. The zero-order valence-electron chi connectivity index (χ0n) is 14.2. The Morgan fingerprint density at radius 3 is 2.18 bits per heavy atom. The van der Waals surface area contributed by atoms with Gasteiger partial charge in [-0.1, -0.05) is 50.6 Å². The standard InChI is InChI=1S/C18H26N2O2/c1-13-6-8-15(9-7-13)16-12-19(17(22)18(3,4)5)10-11-20(16)14(2)21/h6-9,16H,10-12H2,1-5H3. The van der Waals surface area contributed by atoms with Crippen molar-refractivity contribution in [2.45, 2.75) is 40.7 Å². The summed E-state index contributed by atoms with van der Waals surface area (Å²) in [7, 11) is 0. The van der Waals surface area contributed by atoms with Gasteiger partial charge >= 0.3 is 0 Å². The average Bonchev–Trinajstić information content (AvgIpc) is 2.45. The van der Waals surface area contributed by atoms with Gasteiger partial charge in [0.2, 0.25) is 11.8 Å². The van der Waals surface area contributed by atoms with Crippen LogP contribution >= 0.6 is 0 Å². The minimum Gasteiger partial charge on any atom is -0.338 e. The molecule has 2 amide bonds. The van der Waals surface area contributed by atoms with Gasteiger partial charge in [0.25, 0.3) is 0 Å². The van der Waals surface area contributed by atoms with Crippen molar-refractivity contribution in [3.05, 3.63) is 35.4 Å². The second-order valence-electron chi connectivity index (χ2n) is 7.14. The molecule has 2 rings (SSSR count). The van der Waals surface area contributed by atoms with Gasteiger partial charge in [-0.3, -0.25) is 9.59 Å². The Bertz CT molecular complexity index is 557. The van der Waals surface area contributed by atoms with Crippen LogP contribution in [0.1, 0.15) is 44.9 Å². The largest absolute Gasteiger partial charge is 0.338 e. The topological polar surface area (TPSA) is 40.6 Å². The van der Waals surface area contributed by atoms with E-state index in [1.807, 2.05) is 37.5 Å². The van der Waals surface area contributed by atoms with Gasteiger partial charge < -0.3 is 9.80 Å². The summed E-state index contributed by atoms with van der Waals surface area (Å²) in [5.41, 5.74) is 1.89. The van der Waals surface area contributed by atoms with E-state index in [4.69, 9.17) is 0 Å². The van der Waals surface area contributed by atoms with Crippen molar-refractivity contribution < 1.29 is 9.59 Å². The van der Waals surface area contributed by atoms with E-state index in [9.17, 15) is 9.59 Å². The quantitative estimate of drug-likeness (QED) is 0.800.